The van der Waals surface area contributed by atoms with Gasteiger partial charge in [0.2, 0.25) is 0 Å². The van der Waals surface area contributed by atoms with Crippen molar-refractivity contribution in [3.05, 3.63) is 27.0 Å². The van der Waals surface area contributed by atoms with Crippen LogP contribution in [0.5, 0.6) is 0 Å². The average Bonchev–Trinajstić information content (AvgIpc) is 2.68. The number of rotatable bonds is 2. The van der Waals surface area contributed by atoms with Gasteiger partial charge in [-0.2, -0.15) is 0 Å². The van der Waals surface area contributed by atoms with Gasteiger partial charge in [-0.25, -0.2) is 0 Å². The van der Waals surface area contributed by atoms with Gasteiger partial charge < -0.3 is 0 Å². The molecule has 1 saturated heterocycles. The third-order valence-corrected chi connectivity index (χ3v) is 7.13. The molecule has 1 N–H and O–H groups in total. The molecule has 94 valence electrons. The molecule has 1 aliphatic heterocycles. The van der Waals surface area contributed by atoms with E-state index in [9.17, 15) is 9.59 Å². The summed E-state index contributed by atoms with van der Waals surface area (Å²) in [7, 11) is 0. The molecule has 1 fully saturated rings. The predicted molar refractivity (Wildman–Crippen MR) is 68.5 cm³/mol. The van der Waals surface area contributed by atoms with Crippen molar-refractivity contribution in [2.45, 2.75) is 36.3 Å². The number of nitrogens with zero attached hydrogens (tertiary/aromatic N) is 1. The van der Waals surface area contributed by atoms with E-state index in [4.69, 9.17) is 4.74 Å². The van der Waals surface area contributed by atoms with Crippen LogP contribution in [0.15, 0.2) is 15.8 Å². The first-order valence-electron chi connectivity index (χ1n) is 5.87. The van der Waals surface area contributed by atoms with Gasteiger partial charge in [-0.1, -0.05) is 0 Å². The van der Waals surface area contributed by atoms with Gasteiger partial charge in [-0.15, -0.1) is 0 Å². The Morgan fingerprint density at radius 3 is 2.65 bits per heavy atom. The van der Waals surface area contributed by atoms with Gasteiger partial charge in [0.15, 0.2) is 0 Å². The van der Waals surface area contributed by atoms with Crippen LogP contribution in [0, 0.1) is 0 Å². The maximum atomic E-state index is 11.8. The summed E-state index contributed by atoms with van der Waals surface area (Å²) in [4.78, 5) is 26.0. The fraction of sp³-hybridized carbons (Fsp3) is 0.636. The van der Waals surface area contributed by atoms with E-state index in [0.717, 1.165) is 17.2 Å². The van der Waals surface area contributed by atoms with Crippen LogP contribution in [0.2, 0.25) is 17.3 Å². The molecule has 5 nitrogen and oxygen atoms in total. The number of H-pyrrole nitrogens is 1. The van der Waals surface area contributed by atoms with Crippen LogP contribution in [0.4, 0.5) is 0 Å². The molecular weight excluding hydrogens is 281 g/mol. The van der Waals surface area contributed by atoms with Crippen LogP contribution in [-0.4, -0.2) is 29.4 Å². The molecule has 0 aliphatic carbocycles. The van der Waals surface area contributed by atoms with Crippen molar-refractivity contribution >= 4 is 17.7 Å². The van der Waals surface area contributed by atoms with Crippen LogP contribution in [-0.2, 0) is 4.74 Å². The summed E-state index contributed by atoms with van der Waals surface area (Å²) in [6.45, 7) is 0.683. The van der Waals surface area contributed by atoms with E-state index in [1.165, 1.54) is 0 Å². The molecule has 1 aromatic heterocycles. The second kappa shape index (κ2) is 4.45. The summed E-state index contributed by atoms with van der Waals surface area (Å²) in [5.41, 5.74) is -0.589. The number of aromatic nitrogens is 2. The second-order valence-electron chi connectivity index (χ2n) is 5.43. The number of ether oxygens (including phenoxy) is 1. The van der Waals surface area contributed by atoms with Crippen molar-refractivity contribution in [2.24, 2.45) is 0 Å². The zero-order valence-electron chi connectivity index (χ0n) is 10.4. The van der Waals surface area contributed by atoms with Crippen molar-refractivity contribution in [3.63, 3.8) is 0 Å². The summed E-state index contributed by atoms with van der Waals surface area (Å²) in [5.74, 6) is 6.40. The van der Waals surface area contributed by atoms with Crippen molar-refractivity contribution in [3.8, 4) is 0 Å². The Morgan fingerprint density at radius 1 is 1.41 bits per heavy atom. The predicted octanol–water partition coefficient (Wildman–Crippen LogP) is 0.391. The fourth-order valence-electron chi connectivity index (χ4n) is 2.01. The summed E-state index contributed by atoms with van der Waals surface area (Å²) < 4.78 is 7.82. The SMILES string of the molecule is [CH3][Ge]([CH3])([CH3])[c]1cn(C2CCCO2)c(=O)[nH]c1=O. The zero-order valence-corrected chi connectivity index (χ0v) is 12.5. The average molecular weight is 299 g/mol. The number of aromatic amines is 1. The molecule has 2 heterocycles. The first-order valence-corrected chi connectivity index (χ1v) is 13.2. The first kappa shape index (κ1) is 12.6. The van der Waals surface area contributed by atoms with Crippen molar-refractivity contribution in [2.75, 3.05) is 6.61 Å². The van der Waals surface area contributed by atoms with Gasteiger partial charge in [-0.3, -0.25) is 0 Å². The Bertz CT molecular complexity index is 521. The van der Waals surface area contributed by atoms with Crippen molar-refractivity contribution in [1.29, 1.82) is 0 Å². The van der Waals surface area contributed by atoms with Crippen molar-refractivity contribution < 1.29 is 4.74 Å². The molecule has 6 heteroatoms. The molecule has 1 aromatic rings. The van der Waals surface area contributed by atoms with Gasteiger partial charge in [0.05, 0.1) is 0 Å². The van der Waals surface area contributed by atoms with E-state index < -0.39 is 13.3 Å². The molecule has 17 heavy (non-hydrogen) atoms. The summed E-state index contributed by atoms with van der Waals surface area (Å²) in [5, 5.41) is 0. The number of hydrogen-bond donors (Lipinski definition) is 1. The third-order valence-electron chi connectivity index (χ3n) is 2.99. The van der Waals surface area contributed by atoms with E-state index in [2.05, 4.69) is 22.3 Å². The Hall–Kier alpha value is -0.817. The summed E-state index contributed by atoms with van der Waals surface area (Å²) in [6.07, 6.45) is 3.31. The number of hydrogen-bond acceptors (Lipinski definition) is 3. The van der Waals surface area contributed by atoms with Crippen LogP contribution in [0.1, 0.15) is 19.1 Å². The van der Waals surface area contributed by atoms with Crippen LogP contribution < -0.4 is 15.6 Å². The minimum absolute atomic E-state index is 0.206. The van der Waals surface area contributed by atoms with E-state index >= 15 is 0 Å². The first-order chi connectivity index (χ1) is 7.89. The summed E-state index contributed by atoms with van der Waals surface area (Å²) >= 11 is -2.25. The molecule has 2 rings (SSSR count). The van der Waals surface area contributed by atoms with Gasteiger partial charge in [-0.05, 0) is 0 Å². The Morgan fingerprint density at radius 2 is 2.12 bits per heavy atom. The van der Waals surface area contributed by atoms with Gasteiger partial charge >= 0.3 is 102 Å². The van der Waals surface area contributed by atoms with Crippen molar-refractivity contribution in [1.82, 2.24) is 9.55 Å². The van der Waals surface area contributed by atoms with Gasteiger partial charge in [0.1, 0.15) is 0 Å². The quantitative estimate of drug-likeness (QED) is 0.804. The summed E-state index contributed by atoms with van der Waals surface area (Å²) in [6, 6.07) is 0. The molecule has 0 amide bonds. The molecule has 1 aliphatic rings. The third kappa shape index (κ3) is 2.55. The van der Waals surface area contributed by atoms with Gasteiger partial charge in [0, 0.05) is 0 Å². The second-order valence-corrected chi connectivity index (χ2v) is 16.0. The number of nitrogens with one attached hydrogen (secondary N) is 1. The zero-order chi connectivity index (χ0) is 12.6. The Kier molecular flexibility index (Phi) is 3.31. The van der Waals surface area contributed by atoms with E-state index in [-0.39, 0.29) is 17.5 Å². The molecule has 1 atom stereocenters. The maximum absolute atomic E-state index is 11.8. The fourth-order valence-corrected chi connectivity index (χ4v) is 4.68. The minimum atomic E-state index is -2.25. The molecule has 0 bridgehead atoms. The Labute approximate surface area is 102 Å². The van der Waals surface area contributed by atoms with Crippen LogP contribution in [0.25, 0.3) is 0 Å². The van der Waals surface area contributed by atoms with E-state index in [1.54, 1.807) is 10.8 Å². The van der Waals surface area contributed by atoms with E-state index in [0.29, 0.717) is 6.61 Å². The van der Waals surface area contributed by atoms with Crippen LogP contribution in [0.3, 0.4) is 0 Å². The normalized spacial score (nSPS) is 20.8. The molecule has 0 saturated carbocycles. The topological polar surface area (TPSA) is 64.1 Å². The van der Waals surface area contributed by atoms with E-state index in [1.807, 2.05) is 0 Å². The standard InChI is InChI=1S/C11H18GeN2O3/c1-12(2,3)8-7-14(9-5-4-6-17-9)11(16)13-10(8)15/h7,9H,4-6H2,1-3H3,(H,13,15,16). The molecule has 0 spiro atoms. The van der Waals surface area contributed by atoms with Crippen LogP contribution >= 0.6 is 0 Å². The molecule has 1 unspecified atom stereocenters. The molecular formula is C11H18GeN2O3. The Balaban J connectivity index is 2.53. The van der Waals surface area contributed by atoms with Gasteiger partial charge in [0.25, 0.3) is 0 Å². The monoisotopic (exact) mass is 300 g/mol. The molecule has 0 aromatic carbocycles. The molecule has 0 radical (unpaired) electrons.